The number of rotatable bonds is 7. The highest BCUT2D eigenvalue weighted by Gasteiger charge is 2.25. The van der Waals surface area contributed by atoms with Gasteiger partial charge in [0.25, 0.3) is 0 Å². The van der Waals surface area contributed by atoms with E-state index < -0.39 is 15.8 Å². The number of sulfonamides is 1. The largest absolute Gasteiger partial charge is 0.493 e. The van der Waals surface area contributed by atoms with Crippen LogP contribution in [0.1, 0.15) is 25.7 Å². The molecule has 1 heterocycles. The number of benzene rings is 2. The van der Waals surface area contributed by atoms with Gasteiger partial charge in [-0.15, -0.1) is 0 Å². The maximum absolute atomic E-state index is 13.5. The van der Waals surface area contributed by atoms with Gasteiger partial charge in [0.15, 0.2) is 11.5 Å². The second-order valence-electron chi connectivity index (χ2n) is 7.98. The molecule has 0 amide bonds. The lowest BCUT2D eigenvalue weighted by Crippen LogP contribution is -2.39. The van der Waals surface area contributed by atoms with Crippen molar-refractivity contribution in [3.63, 3.8) is 0 Å². The van der Waals surface area contributed by atoms with E-state index in [9.17, 15) is 12.8 Å². The summed E-state index contributed by atoms with van der Waals surface area (Å²) in [6.07, 6.45) is 5.31. The fourth-order valence-electron chi connectivity index (χ4n) is 3.91. The summed E-state index contributed by atoms with van der Waals surface area (Å²) in [4.78, 5) is 8.64. The molecule has 0 spiro atoms. The van der Waals surface area contributed by atoms with E-state index in [-0.39, 0.29) is 17.2 Å². The van der Waals surface area contributed by atoms with E-state index in [1.165, 1.54) is 24.7 Å². The molecule has 176 valence electrons. The van der Waals surface area contributed by atoms with Gasteiger partial charge >= 0.3 is 0 Å². The summed E-state index contributed by atoms with van der Waals surface area (Å²) in [5, 5.41) is 3.85. The van der Waals surface area contributed by atoms with Gasteiger partial charge in [0, 0.05) is 23.2 Å². The minimum Gasteiger partial charge on any atom is -0.493 e. The molecule has 1 saturated carbocycles. The highest BCUT2D eigenvalue weighted by Crippen LogP contribution is 2.37. The van der Waals surface area contributed by atoms with Crippen LogP contribution >= 0.6 is 11.6 Å². The van der Waals surface area contributed by atoms with Gasteiger partial charge in [-0.25, -0.2) is 27.5 Å². The average molecular weight is 495 g/mol. The number of nitrogens with one attached hydrogen (secondary N) is 2. The van der Waals surface area contributed by atoms with E-state index >= 15 is 0 Å². The lowest BCUT2D eigenvalue weighted by atomic mass is 9.93. The maximum Gasteiger partial charge on any atom is 0.208 e. The lowest BCUT2D eigenvalue weighted by molar-refractivity contribution is 0.140. The van der Waals surface area contributed by atoms with E-state index in [1.54, 1.807) is 19.2 Å². The molecule has 1 aliphatic rings. The molecule has 8 nitrogen and oxygen atoms in total. The molecule has 0 bridgehead atoms. The van der Waals surface area contributed by atoms with E-state index in [0.717, 1.165) is 0 Å². The molecule has 1 aliphatic carbocycles. The van der Waals surface area contributed by atoms with Crippen LogP contribution in [0.4, 0.5) is 15.9 Å². The Bertz CT molecular complexity index is 1270. The molecule has 2 N–H and O–H groups in total. The number of fused-ring (bicyclic) bond motifs is 1. The molecule has 2 aromatic carbocycles. The summed E-state index contributed by atoms with van der Waals surface area (Å²) in [5.41, 5.74) is 1.22. The standard InChI is InChI=1S/C22H24ClFN4O4S/c1-31-20-11-19-16(22(26-12-25-19)27-14-5-8-18(24)17(23)9-14)10-21(20)32-15-6-3-13(4-7-15)28-33(2,29)30/h5,8-13,15,28H,3-4,6-7H2,1-2H3,(H,25,26,27)/t13-,15-. The molecule has 0 unspecified atom stereocenters. The molecular weight excluding hydrogens is 471 g/mol. The Morgan fingerprint density at radius 1 is 1.09 bits per heavy atom. The van der Waals surface area contributed by atoms with Crippen LogP contribution in [-0.4, -0.2) is 43.9 Å². The Kier molecular flexibility index (Phi) is 6.87. The number of halogens is 2. The van der Waals surface area contributed by atoms with Crippen LogP contribution in [-0.2, 0) is 10.0 Å². The van der Waals surface area contributed by atoms with E-state index in [4.69, 9.17) is 21.1 Å². The van der Waals surface area contributed by atoms with Crippen LogP contribution in [0.25, 0.3) is 10.9 Å². The Balaban J connectivity index is 1.57. The Labute approximate surface area is 196 Å². The first-order chi connectivity index (χ1) is 15.7. The van der Waals surface area contributed by atoms with Gasteiger partial charge in [-0.05, 0) is 49.9 Å². The molecule has 1 fully saturated rings. The SMILES string of the molecule is COc1cc2ncnc(Nc3ccc(F)c(Cl)c3)c2cc1O[C@H]1CC[C@H](NS(C)(=O)=O)CC1. The van der Waals surface area contributed by atoms with Crippen molar-refractivity contribution in [1.82, 2.24) is 14.7 Å². The fourth-order valence-corrected chi connectivity index (χ4v) is 4.93. The predicted molar refractivity (Wildman–Crippen MR) is 125 cm³/mol. The van der Waals surface area contributed by atoms with Crippen molar-refractivity contribution in [2.75, 3.05) is 18.7 Å². The van der Waals surface area contributed by atoms with Crippen molar-refractivity contribution in [2.45, 2.75) is 37.8 Å². The second-order valence-corrected chi connectivity index (χ2v) is 10.2. The third-order valence-electron chi connectivity index (χ3n) is 5.45. The topological polar surface area (TPSA) is 102 Å². The lowest BCUT2D eigenvalue weighted by Gasteiger charge is -2.29. The second kappa shape index (κ2) is 9.66. The van der Waals surface area contributed by atoms with E-state index in [1.807, 2.05) is 6.07 Å². The van der Waals surface area contributed by atoms with Crippen molar-refractivity contribution in [3.05, 3.63) is 47.5 Å². The van der Waals surface area contributed by atoms with Crippen LogP contribution in [0, 0.1) is 5.82 Å². The van der Waals surface area contributed by atoms with E-state index in [2.05, 4.69) is 20.0 Å². The van der Waals surface area contributed by atoms with Gasteiger partial charge in [-0.3, -0.25) is 0 Å². The maximum atomic E-state index is 13.5. The van der Waals surface area contributed by atoms with Crippen molar-refractivity contribution < 1.29 is 22.3 Å². The molecular formula is C22H24ClFN4O4S. The van der Waals surface area contributed by atoms with Gasteiger partial charge < -0.3 is 14.8 Å². The number of nitrogens with zero attached hydrogens (tertiary/aromatic N) is 2. The molecule has 0 atom stereocenters. The molecule has 3 aromatic rings. The third kappa shape index (κ3) is 5.82. The van der Waals surface area contributed by atoms with Crippen LogP contribution in [0.5, 0.6) is 11.5 Å². The molecule has 0 radical (unpaired) electrons. The minimum atomic E-state index is -3.23. The summed E-state index contributed by atoms with van der Waals surface area (Å²) < 4.78 is 50.9. The van der Waals surface area contributed by atoms with Gasteiger partial charge in [0.2, 0.25) is 10.0 Å². The molecule has 11 heteroatoms. The monoisotopic (exact) mass is 494 g/mol. The van der Waals surface area contributed by atoms with Gasteiger partial charge in [0.1, 0.15) is 18.0 Å². The molecule has 0 saturated heterocycles. The zero-order valence-electron chi connectivity index (χ0n) is 18.1. The highest BCUT2D eigenvalue weighted by atomic mass is 35.5. The number of methoxy groups -OCH3 is 1. The summed E-state index contributed by atoms with van der Waals surface area (Å²) >= 11 is 5.90. The first kappa shape index (κ1) is 23.5. The first-order valence-corrected chi connectivity index (χ1v) is 12.7. The zero-order valence-corrected chi connectivity index (χ0v) is 19.7. The van der Waals surface area contributed by atoms with Crippen LogP contribution < -0.4 is 19.5 Å². The van der Waals surface area contributed by atoms with Crippen molar-refractivity contribution in [3.8, 4) is 11.5 Å². The average Bonchev–Trinajstić information content (AvgIpc) is 2.76. The summed E-state index contributed by atoms with van der Waals surface area (Å²) in [6, 6.07) is 7.83. The number of aromatic nitrogens is 2. The van der Waals surface area contributed by atoms with Crippen molar-refractivity contribution in [1.29, 1.82) is 0 Å². The van der Waals surface area contributed by atoms with Gasteiger partial charge in [0.05, 0.1) is 30.0 Å². The van der Waals surface area contributed by atoms with Gasteiger partial charge in [-0.2, -0.15) is 0 Å². The zero-order chi connectivity index (χ0) is 23.6. The van der Waals surface area contributed by atoms with Crippen LogP contribution in [0.3, 0.4) is 0 Å². The quantitative estimate of drug-likeness (QED) is 0.501. The molecule has 1 aromatic heterocycles. The molecule has 0 aliphatic heterocycles. The van der Waals surface area contributed by atoms with Crippen LogP contribution in [0.2, 0.25) is 5.02 Å². The molecule has 4 rings (SSSR count). The smallest absolute Gasteiger partial charge is 0.208 e. The Morgan fingerprint density at radius 2 is 1.85 bits per heavy atom. The summed E-state index contributed by atoms with van der Waals surface area (Å²) in [7, 11) is -1.67. The number of hydrogen-bond acceptors (Lipinski definition) is 7. The van der Waals surface area contributed by atoms with E-state index in [0.29, 0.717) is 59.6 Å². The summed E-state index contributed by atoms with van der Waals surface area (Å²) in [6.45, 7) is 0. The van der Waals surface area contributed by atoms with Crippen molar-refractivity contribution >= 4 is 44.0 Å². The number of anilines is 2. The summed E-state index contributed by atoms with van der Waals surface area (Å²) in [5.74, 6) is 1.08. The third-order valence-corrected chi connectivity index (χ3v) is 6.50. The van der Waals surface area contributed by atoms with Gasteiger partial charge in [-0.1, -0.05) is 11.6 Å². The normalized spacial score (nSPS) is 18.8. The minimum absolute atomic E-state index is 0.00465. The first-order valence-electron chi connectivity index (χ1n) is 10.4. The Morgan fingerprint density at radius 3 is 2.52 bits per heavy atom. The Hall–Kier alpha value is -2.69. The number of hydrogen-bond donors (Lipinski definition) is 2. The molecule has 33 heavy (non-hydrogen) atoms. The van der Waals surface area contributed by atoms with Crippen molar-refractivity contribution in [2.24, 2.45) is 0 Å². The number of ether oxygens (including phenoxy) is 2. The fraction of sp³-hybridized carbons (Fsp3) is 0.364. The highest BCUT2D eigenvalue weighted by molar-refractivity contribution is 7.88. The van der Waals surface area contributed by atoms with Crippen LogP contribution in [0.15, 0.2) is 36.7 Å². The predicted octanol–water partition coefficient (Wildman–Crippen LogP) is 4.41.